The number of amides is 1. The highest BCUT2D eigenvalue weighted by Gasteiger charge is 2.16. The van der Waals surface area contributed by atoms with Crippen LogP contribution in [0.15, 0.2) is 78.9 Å². The lowest BCUT2D eigenvalue weighted by Gasteiger charge is -2.11. The highest BCUT2D eigenvalue weighted by atomic mass is 16.5. The van der Waals surface area contributed by atoms with Crippen molar-refractivity contribution in [2.45, 2.75) is 6.92 Å². The minimum Gasteiger partial charge on any atom is -0.456 e. The number of ether oxygens (including phenoxy) is 2. The third-order valence-electron chi connectivity index (χ3n) is 3.97. The lowest BCUT2D eigenvalue weighted by atomic mass is 10.1. The van der Waals surface area contributed by atoms with Gasteiger partial charge in [0.05, 0.1) is 0 Å². The number of nitrogens with one attached hydrogen (secondary N) is 1. The molecule has 1 amide bonds. The molecule has 0 fully saturated rings. The van der Waals surface area contributed by atoms with Crippen molar-refractivity contribution in [2.75, 3.05) is 11.9 Å². The molecule has 0 spiro atoms. The second-order valence-corrected chi connectivity index (χ2v) is 6.17. The maximum Gasteiger partial charge on any atom is 0.342 e. The molecule has 6 heteroatoms. The van der Waals surface area contributed by atoms with Crippen LogP contribution in [-0.4, -0.2) is 24.3 Å². The van der Waals surface area contributed by atoms with E-state index in [1.807, 2.05) is 18.2 Å². The molecule has 29 heavy (non-hydrogen) atoms. The van der Waals surface area contributed by atoms with Crippen LogP contribution in [0.1, 0.15) is 27.6 Å². The van der Waals surface area contributed by atoms with Crippen LogP contribution in [0.4, 0.5) is 5.69 Å². The van der Waals surface area contributed by atoms with Gasteiger partial charge in [-0.1, -0.05) is 42.5 Å². The van der Waals surface area contributed by atoms with E-state index in [-0.39, 0.29) is 11.3 Å². The maximum absolute atomic E-state index is 12.4. The highest BCUT2D eigenvalue weighted by Crippen LogP contribution is 2.25. The van der Waals surface area contributed by atoms with E-state index in [2.05, 4.69) is 5.32 Å². The summed E-state index contributed by atoms with van der Waals surface area (Å²) in [7, 11) is 0. The largest absolute Gasteiger partial charge is 0.456 e. The van der Waals surface area contributed by atoms with Crippen LogP contribution < -0.4 is 10.1 Å². The zero-order chi connectivity index (χ0) is 20.6. The average molecular weight is 389 g/mol. The first-order valence-corrected chi connectivity index (χ1v) is 8.93. The first-order chi connectivity index (χ1) is 14.0. The molecule has 0 unspecified atom stereocenters. The van der Waals surface area contributed by atoms with Crippen LogP contribution in [0.5, 0.6) is 11.5 Å². The van der Waals surface area contributed by atoms with Gasteiger partial charge < -0.3 is 14.8 Å². The summed E-state index contributed by atoms with van der Waals surface area (Å²) in [4.78, 5) is 36.0. The molecule has 6 nitrogen and oxygen atoms in total. The Morgan fingerprint density at radius 1 is 0.862 bits per heavy atom. The van der Waals surface area contributed by atoms with Crippen molar-refractivity contribution in [2.24, 2.45) is 0 Å². The summed E-state index contributed by atoms with van der Waals surface area (Å²) >= 11 is 0. The topological polar surface area (TPSA) is 81.7 Å². The number of hydrogen-bond donors (Lipinski definition) is 1. The molecule has 0 saturated carbocycles. The highest BCUT2D eigenvalue weighted by molar-refractivity contribution is 5.98. The van der Waals surface area contributed by atoms with Crippen LogP contribution in [0.2, 0.25) is 0 Å². The van der Waals surface area contributed by atoms with Gasteiger partial charge in [0.1, 0.15) is 17.1 Å². The van der Waals surface area contributed by atoms with Crippen LogP contribution in [0.3, 0.4) is 0 Å². The Kier molecular flexibility index (Phi) is 6.37. The molecule has 0 aliphatic heterocycles. The fourth-order valence-electron chi connectivity index (χ4n) is 2.56. The number of rotatable bonds is 7. The summed E-state index contributed by atoms with van der Waals surface area (Å²) in [6.45, 7) is 0.973. The number of para-hydroxylation sites is 2. The van der Waals surface area contributed by atoms with Gasteiger partial charge in [0.15, 0.2) is 12.4 Å². The Morgan fingerprint density at radius 2 is 1.59 bits per heavy atom. The van der Waals surface area contributed by atoms with Crippen molar-refractivity contribution in [3.05, 3.63) is 90.0 Å². The first-order valence-electron chi connectivity index (χ1n) is 8.93. The third-order valence-corrected chi connectivity index (χ3v) is 3.97. The van der Waals surface area contributed by atoms with Crippen molar-refractivity contribution in [3.8, 4) is 11.5 Å². The quantitative estimate of drug-likeness (QED) is 0.476. The van der Waals surface area contributed by atoms with Crippen LogP contribution in [0.25, 0.3) is 0 Å². The van der Waals surface area contributed by atoms with E-state index >= 15 is 0 Å². The predicted octanol–water partition coefficient (Wildman–Crippen LogP) is 4.48. The minimum atomic E-state index is -0.677. The van der Waals surface area contributed by atoms with Crippen molar-refractivity contribution in [3.63, 3.8) is 0 Å². The SMILES string of the molecule is CC(=O)c1cccc(NC(=O)COC(=O)c2ccccc2Oc2ccccc2)c1. The number of Topliss-reactive ketones (excluding diaryl/α,β-unsaturated/α-hetero) is 1. The number of anilines is 1. The van der Waals surface area contributed by atoms with Crippen molar-refractivity contribution in [1.82, 2.24) is 0 Å². The number of benzene rings is 3. The molecule has 1 N–H and O–H groups in total. The fourth-order valence-corrected chi connectivity index (χ4v) is 2.56. The lowest BCUT2D eigenvalue weighted by molar-refractivity contribution is -0.119. The molecule has 3 aromatic rings. The number of hydrogen-bond acceptors (Lipinski definition) is 5. The Balaban J connectivity index is 1.61. The maximum atomic E-state index is 12.4. The van der Waals surface area contributed by atoms with E-state index in [4.69, 9.17) is 9.47 Å². The lowest BCUT2D eigenvalue weighted by Crippen LogP contribution is -2.21. The first kappa shape index (κ1) is 19.8. The summed E-state index contributed by atoms with van der Waals surface area (Å²) in [5.74, 6) is -0.388. The molecule has 0 atom stereocenters. The number of ketones is 1. The van der Waals surface area contributed by atoms with Crippen LogP contribution in [-0.2, 0) is 9.53 Å². The second kappa shape index (κ2) is 9.32. The summed E-state index contributed by atoms with van der Waals surface area (Å²) in [6.07, 6.45) is 0. The smallest absolute Gasteiger partial charge is 0.342 e. The van der Waals surface area contributed by atoms with E-state index in [0.717, 1.165) is 0 Å². The van der Waals surface area contributed by atoms with E-state index in [9.17, 15) is 14.4 Å². The van der Waals surface area contributed by atoms with Gasteiger partial charge in [-0.3, -0.25) is 9.59 Å². The zero-order valence-corrected chi connectivity index (χ0v) is 15.8. The molecule has 0 saturated heterocycles. The van der Waals surface area contributed by atoms with E-state index < -0.39 is 18.5 Å². The molecule has 146 valence electrons. The van der Waals surface area contributed by atoms with Crippen LogP contribution >= 0.6 is 0 Å². The molecule has 0 aromatic heterocycles. The Bertz CT molecular complexity index is 1030. The molecule has 0 aliphatic carbocycles. The standard InChI is InChI=1S/C23H19NO5/c1-16(25)17-8-7-9-18(14-17)24-22(26)15-28-23(27)20-12-5-6-13-21(20)29-19-10-3-2-4-11-19/h2-14H,15H2,1H3,(H,24,26). The van der Waals surface area contributed by atoms with E-state index in [1.54, 1.807) is 60.7 Å². The van der Waals surface area contributed by atoms with Gasteiger partial charge in [-0.05, 0) is 43.3 Å². The average Bonchev–Trinajstić information content (AvgIpc) is 2.73. The molecule has 3 aromatic carbocycles. The molecule has 0 aliphatic rings. The van der Waals surface area contributed by atoms with Gasteiger partial charge in [-0.25, -0.2) is 4.79 Å². The Labute approximate surface area is 168 Å². The van der Waals surface area contributed by atoms with Gasteiger partial charge in [-0.2, -0.15) is 0 Å². The molecular formula is C23H19NO5. The minimum absolute atomic E-state index is 0.109. The van der Waals surface area contributed by atoms with Gasteiger partial charge in [-0.15, -0.1) is 0 Å². The summed E-state index contributed by atoms with van der Waals surface area (Å²) in [5.41, 5.74) is 1.14. The second-order valence-electron chi connectivity index (χ2n) is 6.17. The van der Waals surface area contributed by atoms with Crippen LogP contribution in [0, 0.1) is 0 Å². The Hall–Kier alpha value is -3.93. The number of esters is 1. The number of carbonyl (C=O) groups is 3. The third kappa shape index (κ3) is 5.52. The summed E-state index contributed by atoms with van der Waals surface area (Å²) in [6, 6.07) is 22.2. The van der Waals surface area contributed by atoms with Crippen molar-refractivity contribution in [1.29, 1.82) is 0 Å². The van der Waals surface area contributed by atoms with E-state index in [1.165, 1.54) is 6.92 Å². The van der Waals surface area contributed by atoms with Gasteiger partial charge in [0.2, 0.25) is 0 Å². The van der Waals surface area contributed by atoms with Gasteiger partial charge >= 0.3 is 5.97 Å². The molecule has 0 bridgehead atoms. The molecule has 0 heterocycles. The van der Waals surface area contributed by atoms with Crippen molar-refractivity contribution < 1.29 is 23.9 Å². The summed E-state index contributed by atoms with van der Waals surface area (Å²) < 4.78 is 10.9. The molecule has 0 radical (unpaired) electrons. The molecular weight excluding hydrogens is 370 g/mol. The van der Waals surface area contributed by atoms with Gasteiger partial charge in [0, 0.05) is 11.3 Å². The summed E-state index contributed by atoms with van der Waals surface area (Å²) in [5, 5.41) is 2.60. The number of carbonyl (C=O) groups excluding carboxylic acids is 3. The molecule has 3 rings (SSSR count). The normalized spacial score (nSPS) is 10.1. The predicted molar refractivity (Wildman–Crippen MR) is 108 cm³/mol. The van der Waals surface area contributed by atoms with Crippen molar-refractivity contribution >= 4 is 23.3 Å². The monoisotopic (exact) mass is 389 g/mol. The van der Waals surface area contributed by atoms with Gasteiger partial charge in [0.25, 0.3) is 5.91 Å². The van der Waals surface area contributed by atoms with E-state index in [0.29, 0.717) is 22.7 Å². The zero-order valence-electron chi connectivity index (χ0n) is 15.8. The Morgan fingerprint density at radius 3 is 2.34 bits per heavy atom. The fraction of sp³-hybridized carbons (Fsp3) is 0.0870.